The molecule has 1 fully saturated rings. The number of methoxy groups -OCH3 is 1. The number of amides is 1. The minimum Gasteiger partial charge on any atom is -0.496 e. The van der Waals surface area contributed by atoms with Crippen LogP contribution in [0.25, 0.3) is 5.57 Å². The second-order valence-electron chi connectivity index (χ2n) is 6.09. The molecule has 2 aromatic rings. The fourth-order valence-corrected chi connectivity index (χ4v) is 3.19. The van der Waals surface area contributed by atoms with E-state index in [9.17, 15) is 4.79 Å². The van der Waals surface area contributed by atoms with Crippen LogP contribution in [0.4, 0.5) is 0 Å². The lowest BCUT2D eigenvalue weighted by Gasteiger charge is -2.32. The molecule has 3 rings (SSSR count). The van der Waals surface area contributed by atoms with Gasteiger partial charge in [-0.05, 0) is 31.4 Å². The number of piperidine rings is 1. The first-order valence-corrected chi connectivity index (χ1v) is 8.27. The molecule has 24 heavy (non-hydrogen) atoms. The molecule has 1 aliphatic rings. The van der Waals surface area contributed by atoms with Crippen molar-refractivity contribution < 1.29 is 9.53 Å². The average molecular weight is 325 g/mol. The zero-order valence-corrected chi connectivity index (χ0v) is 14.2. The molecule has 0 radical (unpaired) electrons. The standard InChI is InChI=1S/C19H23N3O2/c1-15(17-5-3-4-6-18(17)24-2)13-19(23)21-10-7-16(8-11-21)22-12-9-20-14-22/h3-6,9,12-14,16H,7-8,10-11H2,1-2H3/b15-13-. The van der Waals surface area contributed by atoms with E-state index in [2.05, 4.69) is 9.55 Å². The Labute approximate surface area is 142 Å². The first-order chi connectivity index (χ1) is 11.7. The Kier molecular flexibility index (Phi) is 4.99. The minimum atomic E-state index is 0.0717. The molecule has 0 N–H and O–H groups in total. The van der Waals surface area contributed by atoms with E-state index >= 15 is 0 Å². The number of likely N-dealkylation sites (tertiary alicyclic amines) is 1. The highest BCUT2D eigenvalue weighted by Gasteiger charge is 2.22. The topological polar surface area (TPSA) is 47.4 Å². The van der Waals surface area contributed by atoms with Crippen LogP contribution in [0.15, 0.2) is 49.1 Å². The minimum absolute atomic E-state index is 0.0717. The van der Waals surface area contributed by atoms with Gasteiger partial charge in [0.15, 0.2) is 0 Å². The van der Waals surface area contributed by atoms with Crippen molar-refractivity contribution in [3.05, 3.63) is 54.6 Å². The lowest BCUT2D eigenvalue weighted by Crippen LogP contribution is -2.38. The highest BCUT2D eigenvalue weighted by molar-refractivity contribution is 5.95. The normalized spacial score (nSPS) is 16.2. The number of nitrogens with zero attached hydrogens (tertiary/aromatic N) is 3. The molecule has 0 saturated carbocycles. The van der Waals surface area contributed by atoms with E-state index in [1.807, 2.05) is 48.6 Å². The van der Waals surface area contributed by atoms with Gasteiger partial charge in [-0.25, -0.2) is 4.98 Å². The number of carbonyl (C=O) groups excluding carboxylic acids is 1. The van der Waals surface area contributed by atoms with Crippen LogP contribution in [-0.2, 0) is 4.79 Å². The molecule has 1 aromatic heterocycles. The Morgan fingerprint density at radius 3 is 2.71 bits per heavy atom. The number of aromatic nitrogens is 2. The zero-order valence-electron chi connectivity index (χ0n) is 14.2. The summed E-state index contributed by atoms with van der Waals surface area (Å²) in [4.78, 5) is 18.6. The largest absolute Gasteiger partial charge is 0.496 e. The van der Waals surface area contributed by atoms with Gasteiger partial charge in [0.05, 0.1) is 13.4 Å². The van der Waals surface area contributed by atoms with Gasteiger partial charge in [0.25, 0.3) is 0 Å². The summed E-state index contributed by atoms with van der Waals surface area (Å²) in [6, 6.07) is 8.21. The lowest BCUT2D eigenvalue weighted by molar-refractivity contribution is -0.127. The van der Waals surface area contributed by atoms with Crippen molar-refractivity contribution in [3.63, 3.8) is 0 Å². The summed E-state index contributed by atoms with van der Waals surface area (Å²) in [5, 5.41) is 0. The number of hydrogen-bond donors (Lipinski definition) is 0. The molecule has 5 nitrogen and oxygen atoms in total. The molecule has 1 aliphatic heterocycles. The van der Waals surface area contributed by atoms with Gasteiger partial charge < -0.3 is 14.2 Å². The summed E-state index contributed by atoms with van der Waals surface area (Å²) < 4.78 is 7.51. The van der Waals surface area contributed by atoms with Crippen molar-refractivity contribution in [3.8, 4) is 5.75 Å². The number of imidazole rings is 1. The fraction of sp³-hybridized carbons (Fsp3) is 0.368. The molecule has 1 amide bonds. The maximum Gasteiger partial charge on any atom is 0.246 e. The summed E-state index contributed by atoms with van der Waals surface area (Å²) in [5.74, 6) is 0.861. The number of allylic oxidation sites excluding steroid dienone is 1. The number of rotatable bonds is 4. The van der Waals surface area contributed by atoms with E-state index < -0.39 is 0 Å². The van der Waals surface area contributed by atoms with Crippen molar-refractivity contribution in [1.29, 1.82) is 0 Å². The summed E-state index contributed by atoms with van der Waals surface area (Å²) in [5.41, 5.74) is 1.89. The van der Waals surface area contributed by atoms with Crippen LogP contribution in [-0.4, -0.2) is 40.6 Å². The Morgan fingerprint density at radius 1 is 1.29 bits per heavy atom. The quantitative estimate of drug-likeness (QED) is 0.811. The third-order valence-electron chi connectivity index (χ3n) is 4.59. The molecule has 2 heterocycles. The van der Waals surface area contributed by atoms with Crippen molar-refractivity contribution >= 4 is 11.5 Å². The SMILES string of the molecule is COc1ccccc1/C(C)=C\C(=O)N1CCC(n2ccnc2)CC1. The number of ether oxygens (including phenoxy) is 1. The van der Waals surface area contributed by atoms with Gasteiger partial charge in [0.2, 0.25) is 5.91 Å². The van der Waals surface area contributed by atoms with E-state index in [1.165, 1.54) is 0 Å². The molecule has 1 saturated heterocycles. The summed E-state index contributed by atoms with van der Waals surface area (Å²) in [7, 11) is 1.65. The predicted octanol–water partition coefficient (Wildman–Crippen LogP) is 3.16. The van der Waals surface area contributed by atoms with Crippen LogP contribution in [0.1, 0.15) is 31.4 Å². The Morgan fingerprint density at radius 2 is 2.04 bits per heavy atom. The van der Waals surface area contributed by atoms with Gasteiger partial charge in [-0.3, -0.25) is 4.79 Å². The van der Waals surface area contributed by atoms with Crippen LogP contribution in [0.5, 0.6) is 5.75 Å². The second-order valence-corrected chi connectivity index (χ2v) is 6.09. The maximum atomic E-state index is 12.6. The van der Waals surface area contributed by atoms with Crippen LogP contribution >= 0.6 is 0 Å². The molecule has 5 heteroatoms. The Balaban J connectivity index is 1.65. The number of hydrogen-bond acceptors (Lipinski definition) is 3. The van der Waals surface area contributed by atoms with Crippen molar-refractivity contribution in [2.45, 2.75) is 25.8 Å². The second kappa shape index (κ2) is 7.34. The third kappa shape index (κ3) is 3.50. The molecule has 0 spiro atoms. The first kappa shape index (κ1) is 16.3. The Hall–Kier alpha value is -2.56. The highest BCUT2D eigenvalue weighted by Crippen LogP contribution is 2.26. The predicted molar refractivity (Wildman–Crippen MR) is 93.7 cm³/mol. The van der Waals surface area contributed by atoms with Crippen molar-refractivity contribution in [2.75, 3.05) is 20.2 Å². The number of carbonyl (C=O) groups is 1. The monoisotopic (exact) mass is 325 g/mol. The third-order valence-corrected chi connectivity index (χ3v) is 4.59. The molecule has 0 unspecified atom stereocenters. The smallest absolute Gasteiger partial charge is 0.246 e. The van der Waals surface area contributed by atoms with E-state index in [-0.39, 0.29) is 5.91 Å². The van der Waals surface area contributed by atoms with E-state index in [1.54, 1.807) is 19.4 Å². The van der Waals surface area contributed by atoms with Crippen molar-refractivity contribution in [1.82, 2.24) is 14.5 Å². The maximum absolute atomic E-state index is 12.6. The molecule has 126 valence electrons. The van der Waals surface area contributed by atoms with E-state index in [4.69, 9.17) is 4.74 Å². The van der Waals surface area contributed by atoms with E-state index in [0.717, 1.165) is 42.8 Å². The summed E-state index contributed by atoms with van der Waals surface area (Å²) in [6.45, 7) is 3.50. The van der Waals surface area contributed by atoms with Crippen LogP contribution in [0, 0.1) is 0 Å². The fourth-order valence-electron chi connectivity index (χ4n) is 3.19. The molecular weight excluding hydrogens is 302 g/mol. The van der Waals surface area contributed by atoms with Crippen LogP contribution in [0.3, 0.4) is 0 Å². The van der Waals surface area contributed by atoms with Gasteiger partial charge in [-0.1, -0.05) is 18.2 Å². The summed E-state index contributed by atoms with van der Waals surface area (Å²) in [6.07, 6.45) is 9.29. The number of para-hydroxylation sites is 1. The Bertz CT molecular complexity index is 714. The summed E-state index contributed by atoms with van der Waals surface area (Å²) >= 11 is 0. The first-order valence-electron chi connectivity index (χ1n) is 8.27. The van der Waals surface area contributed by atoms with Gasteiger partial charge in [-0.15, -0.1) is 0 Å². The number of benzene rings is 1. The molecule has 0 atom stereocenters. The van der Waals surface area contributed by atoms with Crippen LogP contribution < -0.4 is 4.74 Å². The van der Waals surface area contributed by atoms with Gasteiger partial charge >= 0.3 is 0 Å². The zero-order chi connectivity index (χ0) is 16.9. The van der Waals surface area contributed by atoms with Crippen molar-refractivity contribution in [2.24, 2.45) is 0 Å². The molecule has 0 aliphatic carbocycles. The van der Waals surface area contributed by atoms with E-state index in [0.29, 0.717) is 6.04 Å². The molecular formula is C19H23N3O2. The van der Waals surface area contributed by atoms with Gasteiger partial charge in [0.1, 0.15) is 5.75 Å². The lowest BCUT2D eigenvalue weighted by atomic mass is 10.0. The average Bonchev–Trinajstić information content (AvgIpc) is 3.16. The highest BCUT2D eigenvalue weighted by atomic mass is 16.5. The molecule has 1 aromatic carbocycles. The van der Waals surface area contributed by atoms with Crippen LogP contribution in [0.2, 0.25) is 0 Å². The molecule has 0 bridgehead atoms. The van der Waals surface area contributed by atoms with Gasteiger partial charge in [-0.2, -0.15) is 0 Å². The van der Waals surface area contributed by atoms with Gasteiger partial charge in [0, 0.05) is 43.2 Å².